The second-order valence-electron chi connectivity index (χ2n) is 12.3. The Morgan fingerprint density at radius 3 is 1.61 bits per heavy atom. The number of hydrogen-bond acceptors (Lipinski definition) is 0. The summed E-state index contributed by atoms with van der Waals surface area (Å²) in [6, 6.07) is 18.1. The summed E-state index contributed by atoms with van der Waals surface area (Å²) in [5.74, 6) is 0. The van der Waals surface area contributed by atoms with E-state index in [2.05, 4.69) is 76.2 Å². The van der Waals surface area contributed by atoms with E-state index in [4.69, 9.17) is 0 Å². The smallest absolute Gasteiger partial charge is 0.211 e. The fourth-order valence-corrected chi connectivity index (χ4v) is 6.26. The van der Waals surface area contributed by atoms with Crippen molar-refractivity contribution in [1.29, 1.82) is 0 Å². The van der Waals surface area contributed by atoms with Gasteiger partial charge in [-0.05, 0) is 86.8 Å². The van der Waals surface area contributed by atoms with Gasteiger partial charge in [-0.3, -0.25) is 0 Å². The van der Waals surface area contributed by atoms with E-state index in [1.807, 2.05) is 0 Å². The van der Waals surface area contributed by atoms with Gasteiger partial charge in [0, 0.05) is 22.3 Å². The molecular formula is C39H58N2. The Kier molecular flexibility index (Phi) is 15.2. The van der Waals surface area contributed by atoms with Crippen molar-refractivity contribution in [2.75, 3.05) is 0 Å². The van der Waals surface area contributed by atoms with Crippen molar-refractivity contribution in [3.8, 4) is 0 Å². The topological polar surface area (TPSA) is 25.3 Å². The minimum atomic E-state index is 1.02. The lowest BCUT2D eigenvalue weighted by molar-refractivity contribution is -0.345. The van der Waals surface area contributed by atoms with Crippen LogP contribution in [0.1, 0.15) is 159 Å². The third kappa shape index (κ3) is 10.1. The summed E-state index contributed by atoms with van der Waals surface area (Å²) in [6.07, 6.45) is 23.2. The number of hydrogen-bond donors (Lipinski definition) is 0. The molecule has 3 rings (SSSR count). The van der Waals surface area contributed by atoms with Crippen LogP contribution in [0.4, 0.5) is 0 Å². The van der Waals surface area contributed by atoms with Crippen molar-refractivity contribution in [2.24, 2.45) is 0 Å². The standard InChI is InChI=1S/C39H58N2/c1-5-9-13-15-16-18-22-33-23-20-24-35(31-33)39-37(26-19-14-10-6-2)36(25-17-11-7-3)38(41(39)40)34-29-27-32(28-30-34)21-12-8-4/h20,23-24,27-31H,5-19,21-22,25-26H2,1-4H3. The van der Waals surface area contributed by atoms with Crippen molar-refractivity contribution in [2.45, 2.75) is 150 Å². The summed E-state index contributed by atoms with van der Waals surface area (Å²) in [5, 5.41) is 0. The van der Waals surface area contributed by atoms with Gasteiger partial charge in [-0.15, -0.1) is 0 Å². The zero-order valence-electron chi connectivity index (χ0n) is 26.9. The number of aryl methyl sites for hydroxylation is 2. The van der Waals surface area contributed by atoms with E-state index in [9.17, 15) is 5.53 Å². The molecule has 0 spiro atoms. The molecule has 0 fully saturated rings. The van der Waals surface area contributed by atoms with Crippen molar-refractivity contribution >= 4 is 11.4 Å². The molecule has 0 radical (unpaired) electrons. The van der Waals surface area contributed by atoms with Crippen LogP contribution in [0.2, 0.25) is 0 Å². The van der Waals surface area contributed by atoms with E-state index >= 15 is 0 Å². The van der Waals surface area contributed by atoms with Crippen LogP contribution in [0.5, 0.6) is 0 Å². The number of benzene rings is 2. The molecule has 2 aromatic carbocycles. The Hall–Kier alpha value is -2.48. The molecule has 224 valence electrons. The molecule has 0 amide bonds. The third-order valence-electron chi connectivity index (χ3n) is 8.74. The Morgan fingerprint density at radius 2 is 0.951 bits per heavy atom. The first-order valence-corrected chi connectivity index (χ1v) is 17.3. The fourth-order valence-electron chi connectivity index (χ4n) is 6.26. The molecular weight excluding hydrogens is 496 g/mol. The minimum absolute atomic E-state index is 1.02. The predicted octanol–water partition coefficient (Wildman–Crippen LogP) is 12.7. The van der Waals surface area contributed by atoms with Crippen LogP contribution in [-0.4, -0.2) is 4.70 Å². The van der Waals surface area contributed by atoms with Crippen LogP contribution in [0.25, 0.3) is 16.9 Å². The van der Waals surface area contributed by atoms with Crippen molar-refractivity contribution < 1.29 is 4.70 Å². The maximum absolute atomic E-state index is 12.0. The van der Waals surface area contributed by atoms with Crippen LogP contribution in [-0.2, 0) is 12.8 Å². The van der Waals surface area contributed by atoms with Gasteiger partial charge in [0.25, 0.3) is 0 Å². The Morgan fingerprint density at radius 1 is 0.463 bits per heavy atom. The van der Waals surface area contributed by atoms with E-state index in [0.717, 1.165) is 42.6 Å². The minimum Gasteiger partial charge on any atom is -0.493 e. The van der Waals surface area contributed by atoms with Crippen LogP contribution < -0.4 is 0 Å². The lowest BCUT2D eigenvalue weighted by atomic mass is 9.91. The molecule has 0 N–H and O–H groups in total. The maximum Gasteiger partial charge on any atom is 0.211 e. The first-order chi connectivity index (χ1) is 20.1. The van der Waals surface area contributed by atoms with Gasteiger partial charge in [0.05, 0.1) is 0 Å². The van der Waals surface area contributed by atoms with E-state index in [0.29, 0.717) is 0 Å². The number of rotatable bonds is 21. The summed E-state index contributed by atoms with van der Waals surface area (Å²) >= 11 is 0. The molecule has 0 saturated carbocycles. The number of allylic oxidation sites excluding steroid dienone is 2. The van der Waals surface area contributed by atoms with E-state index in [-0.39, 0.29) is 0 Å². The van der Waals surface area contributed by atoms with Gasteiger partial charge in [0.15, 0.2) is 0 Å². The molecule has 41 heavy (non-hydrogen) atoms. The highest BCUT2D eigenvalue weighted by Crippen LogP contribution is 2.44. The van der Waals surface area contributed by atoms with Gasteiger partial charge in [0.2, 0.25) is 11.4 Å². The lowest BCUT2D eigenvalue weighted by Crippen LogP contribution is -2.03. The fraction of sp³-hybridized carbons (Fsp3) is 0.590. The van der Waals surface area contributed by atoms with Gasteiger partial charge < -0.3 is 5.53 Å². The zero-order chi connectivity index (χ0) is 29.3. The predicted molar refractivity (Wildman–Crippen MR) is 179 cm³/mol. The van der Waals surface area contributed by atoms with Gasteiger partial charge in [-0.25, -0.2) is 4.70 Å². The normalized spacial score (nSPS) is 13.6. The highest BCUT2D eigenvalue weighted by Gasteiger charge is 2.35. The van der Waals surface area contributed by atoms with Crippen LogP contribution in [0.15, 0.2) is 59.7 Å². The first-order valence-electron chi connectivity index (χ1n) is 17.3. The summed E-state index contributed by atoms with van der Waals surface area (Å²) < 4.78 is 1.57. The summed E-state index contributed by atoms with van der Waals surface area (Å²) in [5.41, 5.74) is 21.9. The largest absolute Gasteiger partial charge is 0.493 e. The SMILES string of the molecule is CCCCCCCCc1cccc(C2=C(CCCCCC)C(CCCCC)=C(c3ccc(CCCC)cc3)[N+]2=[N-])c1. The average molecular weight is 555 g/mol. The molecule has 0 saturated heterocycles. The van der Waals surface area contributed by atoms with Crippen molar-refractivity contribution in [3.05, 3.63) is 87.5 Å². The lowest BCUT2D eigenvalue weighted by Gasteiger charge is -2.11. The second-order valence-corrected chi connectivity index (χ2v) is 12.3. The molecule has 0 aromatic heterocycles. The molecule has 2 aromatic rings. The average Bonchev–Trinajstić information content (AvgIpc) is 3.27. The molecule has 0 atom stereocenters. The summed E-state index contributed by atoms with van der Waals surface area (Å²) in [6.45, 7) is 9.09. The van der Waals surface area contributed by atoms with E-state index in [1.165, 1.54) is 124 Å². The maximum atomic E-state index is 12.0. The Balaban J connectivity index is 1.94. The summed E-state index contributed by atoms with van der Waals surface area (Å²) in [7, 11) is 0. The second kappa shape index (κ2) is 18.9. The molecule has 2 heteroatoms. The zero-order valence-corrected chi connectivity index (χ0v) is 26.9. The molecule has 0 bridgehead atoms. The van der Waals surface area contributed by atoms with Crippen molar-refractivity contribution in [3.63, 3.8) is 0 Å². The highest BCUT2D eigenvalue weighted by molar-refractivity contribution is 5.82. The number of nitrogens with zero attached hydrogens (tertiary/aromatic N) is 2. The molecule has 1 aliphatic heterocycles. The molecule has 0 unspecified atom stereocenters. The quantitative estimate of drug-likeness (QED) is 0.108. The molecule has 1 aliphatic rings. The van der Waals surface area contributed by atoms with Crippen LogP contribution in [0, 0.1) is 0 Å². The van der Waals surface area contributed by atoms with Gasteiger partial charge in [-0.2, -0.15) is 0 Å². The Labute approximate surface area is 252 Å². The molecule has 2 nitrogen and oxygen atoms in total. The van der Waals surface area contributed by atoms with E-state index < -0.39 is 0 Å². The Bertz CT molecular complexity index is 1120. The molecule has 1 heterocycles. The van der Waals surface area contributed by atoms with Crippen molar-refractivity contribution in [1.82, 2.24) is 0 Å². The van der Waals surface area contributed by atoms with Gasteiger partial charge in [-0.1, -0.05) is 123 Å². The number of unbranched alkanes of at least 4 members (excludes halogenated alkanes) is 11. The van der Waals surface area contributed by atoms with Gasteiger partial charge in [0.1, 0.15) is 0 Å². The third-order valence-corrected chi connectivity index (χ3v) is 8.74. The summed E-state index contributed by atoms with van der Waals surface area (Å²) in [4.78, 5) is 0. The monoisotopic (exact) mass is 554 g/mol. The highest BCUT2D eigenvalue weighted by atomic mass is 15.2. The van der Waals surface area contributed by atoms with Gasteiger partial charge >= 0.3 is 0 Å². The van der Waals surface area contributed by atoms with Crippen LogP contribution >= 0.6 is 0 Å². The first kappa shape index (κ1) is 33.0. The van der Waals surface area contributed by atoms with Crippen LogP contribution in [0.3, 0.4) is 0 Å². The molecule has 0 aliphatic carbocycles. The van der Waals surface area contributed by atoms with E-state index in [1.54, 1.807) is 4.70 Å².